The van der Waals surface area contributed by atoms with E-state index < -0.39 is 0 Å². The molecule has 21 heavy (non-hydrogen) atoms. The number of nitrogens with two attached hydrogens (primary N) is 1. The zero-order chi connectivity index (χ0) is 15.6. The fraction of sp³-hybridized carbons (Fsp3) is 0.667. The Morgan fingerprint density at radius 3 is 2.57 bits per heavy atom. The third-order valence-corrected chi connectivity index (χ3v) is 5.24. The van der Waals surface area contributed by atoms with Crippen LogP contribution in [0.3, 0.4) is 0 Å². The van der Waals surface area contributed by atoms with Gasteiger partial charge >= 0.3 is 0 Å². The van der Waals surface area contributed by atoms with E-state index in [1.54, 1.807) is 6.07 Å². The zero-order valence-corrected chi connectivity index (χ0v) is 13.7. The van der Waals surface area contributed by atoms with Crippen molar-refractivity contribution in [1.29, 1.82) is 0 Å². The van der Waals surface area contributed by atoms with Crippen LogP contribution in [0.15, 0.2) is 24.3 Å². The molecule has 5 atom stereocenters. The minimum Gasteiger partial charge on any atom is -0.327 e. The van der Waals surface area contributed by atoms with Crippen molar-refractivity contribution in [2.24, 2.45) is 23.5 Å². The van der Waals surface area contributed by atoms with Gasteiger partial charge in [0.05, 0.1) is 0 Å². The molecule has 0 bridgehead atoms. The maximum absolute atomic E-state index is 13.9. The van der Waals surface area contributed by atoms with Gasteiger partial charge in [-0.1, -0.05) is 32.0 Å². The van der Waals surface area contributed by atoms with Crippen LogP contribution in [0.25, 0.3) is 0 Å². The first-order valence-electron chi connectivity index (χ1n) is 8.10. The largest absolute Gasteiger partial charge is 0.327 e. The maximum Gasteiger partial charge on any atom is 0.127 e. The molecule has 1 fully saturated rings. The van der Waals surface area contributed by atoms with E-state index in [0.29, 0.717) is 11.8 Å². The second-order valence-electron chi connectivity index (χ2n) is 7.02. The van der Waals surface area contributed by atoms with E-state index in [1.165, 1.54) is 12.5 Å². The minimum atomic E-state index is -0.119. The Labute approximate surface area is 128 Å². The van der Waals surface area contributed by atoms with Gasteiger partial charge in [-0.3, -0.25) is 4.90 Å². The van der Waals surface area contributed by atoms with Gasteiger partial charge in [-0.25, -0.2) is 4.39 Å². The SMILES string of the molecule is CC1CC(C)C(CN(C)C(C)c2ccccc2F)C(N)C1. The van der Waals surface area contributed by atoms with Crippen LogP contribution < -0.4 is 5.73 Å². The predicted molar refractivity (Wildman–Crippen MR) is 86.5 cm³/mol. The molecule has 0 aromatic heterocycles. The highest BCUT2D eigenvalue weighted by Crippen LogP contribution is 2.34. The van der Waals surface area contributed by atoms with Gasteiger partial charge in [0, 0.05) is 24.2 Å². The molecule has 0 radical (unpaired) electrons. The Morgan fingerprint density at radius 1 is 1.29 bits per heavy atom. The molecule has 2 nitrogen and oxygen atoms in total. The lowest BCUT2D eigenvalue weighted by molar-refractivity contribution is 0.112. The van der Waals surface area contributed by atoms with E-state index in [2.05, 4.69) is 32.7 Å². The molecule has 5 unspecified atom stereocenters. The monoisotopic (exact) mass is 292 g/mol. The maximum atomic E-state index is 13.9. The summed E-state index contributed by atoms with van der Waals surface area (Å²) in [7, 11) is 2.08. The van der Waals surface area contributed by atoms with Crippen molar-refractivity contribution in [2.45, 2.75) is 45.7 Å². The third kappa shape index (κ3) is 3.83. The van der Waals surface area contributed by atoms with Crippen molar-refractivity contribution in [3.63, 3.8) is 0 Å². The summed E-state index contributed by atoms with van der Waals surface area (Å²) >= 11 is 0. The molecule has 3 heteroatoms. The number of hydrogen-bond acceptors (Lipinski definition) is 2. The van der Waals surface area contributed by atoms with Gasteiger partial charge in [0.15, 0.2) is 0 Å². The fourth-order valence-corrected chi connectivity index (χ4v) is 3.82. The quantitative estimate of drug-likeness (QED) is 0.914. The normalized spacial score (nSPS) is 31.4. The first-order chi connectivity index (χ1) is 9.90. The molecule has 1 aromatic carbocycles. The van der Waals surface area contributed by atoms with Gasteiger partial charge in [0.1, 0.15) is 5.82 Å². The summed E-state index contributed by atoms with van der Waals surface area (Å²) in [5.74, 6) is 1.74. The summed E-state index contributed by atoms with van der Waals surface area (Å²) in [5, 5.41) is 0. The first-order valence-corrected chi connectivity index (χ1v) is 8.10. The molecule has 1 saturated carbocycles. The molecular formula is C18H29FN2. The van der Waals surface area contributed by atoms with Gasteiger partial charge in [0.2, 0.25) is 0 Å². The Bertz CT molecular complexity index is 450. The van der Waals surface area contributed by atoms with E-state index in [4.69, 9.17) is 5.73 Å². The highest BCUT2D eigenvalue weighted by Gasteiger charge is 2.33. The molecule has 1 aliphatic rings. The summed E-state index contributed by atoms with van der Waals surface area (Å²) in [6, 6.07) is 7.40. The van der Waals surface area contributed by atoms with Crippen molar-refractivity contribution < 1.29 is 4.39 Å². The lowest BCUT2D eigenvalue weighted by Gasteiger charge is -2.41. The number of rotatable bonds is 4. The molecule has 2 rings (SSSR count). The topological polar surface area (TPSA) is 29.3 Å². The van der Waals surface area contributed by atoms with Gasteiger partial charge in [-0.15, -0.1) is 0 Å². The molecule has 1 aliphatic carbocycles. The van der Waals surface area contributed by atoms with Crippen LogP contribution in [0.2, 0.25) is 0 Å². The van der Waals surface area contributed by atoms with Crippen LogP contribution >= 0.6 is 0 Å². The van der Waals surface area contributed by atoms with Gasteiger partial charge in [-0.2, -0.15) is 0 Å². The molecule has 0 spiro atoms. The van der Waals surface area contributed by atoms with E-state index in [0.717, 1.165) is 24.4 Å². The summed E-state index contributed by atoms with van der Waals surface area (Å²) in [6.07, 6.45) is 2.36. The molecular weight excluding hydrogens is 263 g/mol. The van der Waals surface area contributed by atoms with Crippen molar-refractivity contribution in [2.75, 3.05) is 13.6 Å². The molecule has 2 N–H and O–H groups in total. The summed E-state index contributed by atoms with van der Waals surface area (Å²) in [6.45, 7) is 7.60. The van der Waals surface area contributed by atoms with E-state index in [1.807, 2.05) is 12.1 Å². The minimum absolute atomic E-state index is 0.0740. The van der Waals surface area contributed by atoms with Crippen LogP contribution in [-0.4, -0.2) is 24.5 Å². The predicted octanol–water partition coefficient (Wildman–Crippen LogP) is 3.83. The van der Waals surface area contributed by atoms with Crippen LogP contribution in [0.5, 0.6) is 0 Å². The molecule has 0 heterocycles. The van der Waals surface area contributed by atoms with Gasteiger partial charge in [-0.05, 0) is 50.6 Å². The third-order valence-electron chi connectivity index (χ3n) is 5.24. The van der Waals surface area contributed by atoms with Crippen LogP contribution in [0.1, 0.15) is 45.2 Å². The van der Waals surface area contributed by atoms with Crippen molar-refractivity contribution in [3.05, 3.63) is 35.6 Å². The Morgan fingerprint density at radius 2 is 1.95 bits per heavy atom. The summed E-state index contributed by atoms with van der Waals surface area (Å²) < 4.78 is 13.9. The summed E-state index contributed by atoms with van der Waals surface area (Å²) in [4.78, 5) is 2.25. The smallest absolute Gasteiger partial charge is 0.127 e. The second-order valence-corrected chi connectivity index (χ2v) is 7.02. The number of halogens is 1. The van der Waals surface area contributed by atoms with Gasteiger partial charge in [0.25, 0.3) is 0 Å². The van der Waals surface area contributed by atoms with E-state index >= 15 is 0 Å². The van der Waals surface area contributed by atoms with Crippen molar-refractivity contribution in [1.82, 2.24) is 4.90 Å². The second kappa shape index (κ2) is 6.89. The van der Waals surface area contributed by atoms with Crippen LogP contribution in [0, 0.1) is 23.6 Å². The lowest BCUT2D eigenvalue weighted by atomic mass is 9.72. The summed E-state index contributed by atoms with van der Waals surface area (Å²) in [5.41, 5.74) is 7.14. The average Bonchev–Trinajstić information content (AvgIpc) is 2.42. The average molecular weight is 292 g/mol. The Kier molecular flexibility index (Phi) is 5.39. The Hall–Kier alpha value is -0.930. The molecule has 0 aliphatic heterocycles. The fourth-order valence-electron chi connectivity index (χ4n) is 3.82. The lowest BCUT2D eigenvalue weighted by Crippen LogP contribution is -2.46. The van der Waals surface area contributed by atoms with E-state index in [-0.39, 0.29) is 17.9 Å². The number of hydrogen-bond donors (Lipinski definition) is 1. The molecule has 0 saturated heterocycles. The molecule has 118 valence electrons. The molecule has 1 aromatic rings. The zero-order valence-electron chi connectivity index (χ0n) is 13.7. The van der Waals surface area contributed by atoms with Crippen LogP contribution in [-0.2, 0) is 0 Å². The van der Waals surface area contributed by atoms with Crippen LogP contribution in [0.4, 0.5) is 4.39 Å². The van der Waals surface area contributed by atoms with Crippen molar-refractivity contribution in [3.8, 4) is 0 Å². The first kappa shape index (κ1) is 16.4. The standard InChI is InChI=1S/C18H29FN2/c1-12-9-13(2)16(18(20)10-12)11-21(4)14(3)15-7-5-6-8-17(15)19/h5-8,12-14,16,18H,9-11,20H2,1-4H3. The van der Waals surface area contributed by atoms with Crippen molar-refractivity contribution >= 4 is 0 Å². The highest BCUT2D eigenvalue weighted by atomic mass is 19.1. The number of nitrogens with zero attached hydrogens (tertiary/aromatic N) is 1. The Balaban J connectivity index is 2.03. The number of benzene rings is 1. The highest BCUT2D eigenvalue weighted by molar-refractivity contribution is 5.20. The van der Waals surface area contributed by atoms with Gasteiger partial charge < -0.3 is 5.73 Å². The molecule has 0 amide bonds. The van der Waals surface area contributed by atoms with E-state index in [9.17, 15) is 4.39 Å².